The monoisotopic (exact) mass is 314 g/mol. The average molecular weight is 314 g/mol. The average Bonchev–Trinajstić information content (AvgIpc) is 2.45. The first-order chi connectivity index (χ1) is 10.2. The van der Waals surface area contributed by atoms with Crippen LogP contribution in [0.25, 0.3) is 0 Å². The number of carboxylic acid groups (broad SMARTS) is 2. The van der Waals surface area contributed by atoms with E-state index in [4.69, 9.17) is 25.5 Å². The molecule has 124 valence electrons. The molecule has 7 nitrogen and oxygen atoms in total. The molecule has 0 bridgehead atoms. The molecule has 0 heterocycles. The van der Waals surface area contributed by atoms with E-state index in [0.717, 1.165) is 37.8 Å². The second-order valence-electron chi connectivity index (χ2n) is 4.75. The van der Waals surface area contributed by atoms with Gasteiger partial charge in [0.1, 0.15) is 0 Å². The Balaban J connectivity index is 0.000000409. The van der Waals surface area contributed by atoms with E-state index in [1.54, 1.807) is 0 Å². The van der Waals surface area contributed by atoms with Gasteiger partial charge in [-0.1, -0.05) is 26.7 Å². The van der Waals surface area contributed by atoms with E-state index in [2.05, 4.69) is 6.92 Å². The highest BCUT2D eigenvalue weighted by Crippen LogP contribution is 2.35. The fraction of sp³-hybridized carbons (Fsp3) is 0.467. The smallest absolute Gasteiger partial charge is 0.335 e. The Morgan fingerprint density at radius 2 is 1.55 bits per heavy atom. The van der Waals surface area contributed by atoms with E-state index in [0.29, 0.717) is 0 Å². The molecule has 1 aromatic carbocycles. The van der Waals surface area contributed by atoms with E-state index in [1.807, 2.05) is 6.92 Å². The fourth-order valence-corrected chi connectivity index (χ4v) is 1.68. The lowest BCUT2D eigenvalue weighted by Crippen LogP contribution is -2.11. The molecule has 7 heteroatoms. The van der Waals surface area contributed by atoms with E-state index in [1.165, 1.54) is 0 Å². The number of phenolic OH excluding ortho intramolecular Hbond substituents is 3. The van der Waals surface area contributed by atoms with Crippen LogP contribution in [0.15, 0.2) is 12.1 Å². The zero-order valence-electron chi connectivity index (χ0n) is 12.6. The van der Waals surface area contributed by atoms with Crippen LogP contribution in [0.1, 0.15) is 49.9 Å². The van der Waals surface area contributed by atoms with E-state index >= 15 is 0 Å². The Hall–Kier alpha value is -2.44. The van der Waals surface area contributed by atoms with Crippen molar-refractivity contribution in [1.29, 1.82) is 0 Å². The summed E-state index contributed by atoms with van der Waals surface area (Å²) < 4.78 is 0. The number of aromatic carboxylic acids is 1. The summed E-state index contributed by atoms with van der Waals surface area (Å²) in [7, 11) is 0. The fourth-order valence-electron chi connectivity index (χ4n) is 1.68. The largest absolute Gasteiger partial charge is 0.504 e. The molecule has 0 fully saturated rings. The minimum absolute atomic E-state index is 0.111. The first kappa shape index (κ1) is 19.6. The maximum absolute atomic E-state index is 10.4. The number of hydrogen-bond acceptors (Lipinski definition) is 5. The van der Waals surface area contributed by atoms with Gasteiger partial charge in [0.05, 0.1) is 11.5 Å². The lowest BCUT2D eigenvalue weighted by molar-refractivity contribution is -0.142. The number of rotatable bonds is 6. The SMILES string of the molecule is CCCCC(CC)C(=O)O.O=C(O)c1cc(O)c(O)c(O)c1. The van der Waals surface area contributed by atoms with Crippen LogP contribution < -0.4 is 0 Å². The van der Waals surface area contributed by atoms with Gasteiger partial charge in [0.2, 0.25) is 0 Å². The lowest BCUT2D eigenvalue weighted by atomic mass is 10.00. The topological polar surface area (TPSA) is 135 Å². The molecule has 1 atom stereocenters. The molecule has 1 aromatic rings. The Kier molecular flexibility index (Phi) is 8.44. The molecular weight excluding hydrogens is 292 g/mol. The van der Waals surface area contributed by atoms with Crippen LogP contribution >= 0.6 is 0 Å². The third-order valence-corrected chi connectivity index (χ3v) is 3.06. The van der Waals surface area contributed by atoms with E-state index < -0.39 is 29.2 Å². The molecule has 0 aromatic heterocycles. The van der Waals surface area contributed by atoms with Gasteiger partial charge in [-0.25, -0.2) is 4.79 Å². The van der Waals surface area contributed by atoms with Gasteiger partial charge in [-0.2, -0.15) is 0 Å². The summed E-state index contributed by atoms with van der Waals surface area (Å²) in [5.41, 5.74) is -0.289. The number of unbranched alkanes of at least 4 members (excludes halogenated alkanes) is 1. The summed E-state index contributed by atoms with van der Waals surface area (Å²) in [5, 5.41) is 43.6. The number of benzene rings is 1. The standard InChI is InChI=1S/C8H16O2.C7H6O5/c1-3-5-6-7(4-2)8(9)10;8-4-1-3(7(11)12)2-5(9)6(4)10/h7H,3-6H2,1-2H3,(H,9,10);1-2,8-10H,(H,11,12). The maximum Gasteiger partial charge on any atom is 0.335 e. The summed E-state index contributed by atoms with van der Waals surface area (Å²) >= 11 is 0. The van der Waals surface area contributed by atoms with Gasteiger partial charge < -0.3 is 25.5 Å². The highest BCUT2D eigenvalue weighted by molar-refractivity contribution is 5.89. The molecule has 1 unspecified atom stereocenters. The molecule has 0 aliphatic heterocycles. The van der Waals surface area contributed by atoms with Crippen molar-refractivity contribution in [2.24, 2.45) is 5.92 Å². The van der Waals surface area contributed by atoms with Crippen LogP contribution in [0.5, 0.6) is 17.2 Å². The van der Waals surface area contributed by atoms with Gasteiger partial charge in [0.15, 0.2) is 17.2 Å². The molecule has 0 aliphatic rings. The summed E-state index contributed by atoms with van der Waals surface area (Å²) in [4.78, 5) is 20.7. The zero-order valence-corrected chi connectivity index (χ0v) is 12.6. The van der Waals surface area contributed by atoms with Crippen LogP contribution in [0.4, 0.5) is 0 Å². The summed E-state index contributed by atoms with van der Waals surface area (Å²) in [6.45, 7) is 4.00. The third-order valence-electron chi connectivity index (χ3n) is 3.06. The van der Waals surface area contributed by atoms with Crippen molar-refractivity contribution in [2.45, 2.75) is 39.5 Å². The Bertz CT molecular complexity index is 488. The summed E-state index contributed by atoms with van der Waals surface area (Å²) in [6.07, 6.45) is 3.71. The molecule has 0 amide bonds. The second kappa shape index (κ2) is 9.49. The maximum atomic E-state index is 10.4. The second-order valence-corrected chi connectivity index (χ2v) is 4.75. The Morgan fingerprint density at radius 1 is 1.05 bits per heavy atom. The molecule has 0 saturated carbocycles. The van der Waals surface area contributed by atoms with Gasteiger partial charge in [-0.3, -0.25) is 4.79 Å². The van der Waals surface area contributed by atoms with Gasteiger partial charge in [-0.15, -0.1) is 0 Å². The highest BCUT2D eigenvalue weighted by Gasteiger charge is 2.13. The summed E-state index contributed by atoms with van der Waals surface area (Å²) in [6, 6.07) is 1.69. The number of phenols is 3. The first-order valence-electron chi connectivity index (χ1n) is 6.95. The van der Waals surface area contributed by atoms with Crippen molar-refractivity contribution in [3.8, 4) is 17.2 Å². The van der Waals surface area contributed by atoms with Crippen LogP contribution in [0, 0.1) is 5.92 Å². The molecular formula is C15H22O7. The molecule has 0 aliphatic carbocycles. The molecule has 5 N–H and O–H groups in total. The number of aliphatic carboxylic acids is 1. The van der Waals surface area contributed by atoms with Crippen LogP contribution in [-0.4, -0.2) is 37.5 Å². The predicted molar refractivity (Wildman–Crippen MR) is 79.3 cm³/mol. The quantitative estimate of drug-likeness (QED) is 0.509. The van der Waals surface area contributed by atoms with Gasteiger partial charge >= 0.3 is 11.9 Å². The van der Waals surface area contributed by atoms with Crippen LogP contribution in [-0.2, 0) is 4.79 Å². The minimum Gasteiger partial charge on any atom is -0.504 e. The molecule has 0 saturated heterocycles. The Morgan fingerprint density at radius 3 is 1.86 bits per heavy atom. The van der Waals surface area contributed by atoms with Crippen molar-refractivity contribution in [2.75, 3.05) is 0 Å². The highest BCUT2D eigenvalue weighted by atomic mass is 16.4. The summed E-state index contributed by atoms with van der Waals surface area (Å²) in [5.74, 6) is -4.09. The van der Waals surface area contributed by atoms with Gasteiger partial charge in [-0.05, 0) is 25.0 Å². The number of carboxylic acids is 2. The number of hydrogen-bond donors (Lipinski definition) is 5. The number of aromatic hydroxyl groups is 3. The van der Waals surface area contributed by atoms with Crippen LogP contribution in [0.3, 0.4) is 0 Å². The van der Waals surface area contributed by atoms with Crippen molar-refractivity contribution in [3.05, 3.63) is 17.7 Å². The lowest BCUT2D eigenvalue weighted by Gasteiger charge is -2.06. The minimum atomic E-state index is -1.29. The van der Waals surface area contributed by atoms with Gasteiger partial charge in [0, 0.05) is 0 Å². The predicted octanol–water partition coefficient (Wildman–Crippen LogP) is 2.79. The zero-order chi connectivity index (χ0) is 17.3. The van der Waals surface area contributed by atoms with Gasteiger partial charge in [0.25, 0.3) is 0 Å². The first-order valence-corrected chi connectivity index (χ1v) is 6.95. The molecule has 0 spiro atoms. The van der Waals surface area contributed by atoms with Crippen molar-refractivity contribution < 1.29 is 35.1 Å². The van der Waals surface area contributed by atoms with Crippen molar-refractivity contribution >= 4 is 11.9 Å². The van der Waals surface area contributed by atoms with Crippen molar-refractivity contribution in [1.82, 2.24) is 0 Å². The Labute approximate surface area is 128 Å². The third kappa shape index (κ3) is 6.34. The van der Waals surface area contributed by atoms with Crippen LogP contribution in [0.2, 0.25) is 0 Å². The molecule has 22 heavy (non-hydrogen) atoms. The van der Waals surface area contributed by atoms with E-state index in [9.17, 15) is 9.59 Å². The molecule has 0 radical (unpaired) electrons. The van der Waals surface area contributed by atoms with E-state index in [-0.39, 0.29) is 11.5 Å². The van der Waals surface area contributed by atoms with Crippen molar-refractivity contribution in [3.63, 3.8) is 0 Å². The normalized spacial score (nSPS) is 11.2. The number of carbonyl (C=O) groups is 2. The molecule has 1 rings (SSSR count).